The third kappa shape index (κ3) is 1.87. The molecule has 3 atom stereocenters. The van der Waals surface area contributed by atoms with E-state index in [0.29, 0.717) is 6.42 Å². The van der Waals surface area contributed by atoms with Crippen LogP contribution in [-0.2, 0) is 0 Å². The van der Waals surface area contributed by atoms with E-state index in [-0.39, 0.29) is 6.04 Å². The van der Waals surface area contributed by atoms with E-state index in [9.17, 15) is 10.1 Å². The molecule has 1 heterocycles. The molecule has 2 N–H and O–H groups in total. The lowest BCUT2D eigenvalue weighted by Crippen LogP contribution is -2.52. The zero-order valence-corrected chi connectivity index (χ0v) is 6.36. The molecule has 5 heteroatoms. The highest BCUT2D eigenvalue weighted by Crippen LogP contribution is 2.13. The number of hydrogen-bond donors (Lipinski definition) is 2. The fourth-order valence-electron chi connectivity index (χ4n) is 1.29. The van der Waals surface area contributed by atoms with E-state index in [4.69, 9.17) is 5.11 Å². The van der Waals surface area contributed by atoms with Gasteiger partial charge in [-0.2, -0.15) is 0 Å². The maximum atomic E-state index is 10.3. The first-order valence-corrected chi connectivity index (χ1v) is 3.69. The van der Waals surface area contributed by atoms with Crippen LogP contribution >= 0.6 is 0 Å². The Morgan fingerprint density at radius 2 is 2.27 bits per heavy atom. The molecule has 0 radical (unpaired) electrons. The van der Waals surface area contributed by atoms with Gasteiger partial charge in [-0.3, -0.25) is 15.4 Å². The Labute approximate surface area is 64.6 Å². The minimum Gasteiger partial charge on any atom is -0.372 e. The molecule has 3 unspecified atom stereocenters. The highest BCUT2D eigenvalue weighted by Gasteiger charge is 2.34. The summed E-state index contributed by atoms with van der Waals surface area (Å²) in [5, 5.41) is 22.2. The molecule has 64 valence electrons. The first-order valence-electron chi connectivity index (χ1n) is 3.69. The Morgan fingerprint density at radius 3 is 2.73 bits per heavy atom. The number of nitrogens with one attached hydrogen (secondary N) is 1. The Balaban J connectivity index is 2.50. The van der Waals surface area contributed by atoms with E-state index in [1.165, 1.54) is 0 Å². The molecule has 0 bridgehead atoms. The van der Waals surface area contributed by atoms with Gasteiger partial charge in [0.15, 0.2) is 6.23 Å². The average molecular weight is 160 g/mol. The quantitative estimate of drug-likeness (QED) is 0.408. The summed E-state index contributed by atoms with van der Waals surface area (Å²) in [6.07, 6.45) is 0.235. The number of nitrogens with zero attached hydrogens (tertiary/aromatic N) is 1. The molecule has 0 aliphatic carbocycles. The molecule has 5 nitrogen and oxygen atoms in total. The van der Waals surface area contributed by atoms with Crippen LogP contribution in [0.15, 0.2) is 0 Å². The van der Waals surface area contributed by atoms with Crippen LogP contribution in [0, 0.1) is 10.1 Å². The van der Waals surface area contributed by atoms with E-state index in [1.54, 1.807) is 0 Å². The van der Waals surface area contributed by atoms with Crippen LogP contribution in [0.2, 0.25) is 0 Å². The van der Waals surface area contributed by atoms with Crippen LogP contribution in [-0.4, -0.2) is 28.3 Å². The van der Waals surface area contributed by atoms with E-state index >= 15 is 0 Å². The number of aliphatic hydroxyl groups is 1. The standard InChI is InChI=1S/C6H12N2O3/c1-4-2-3-5(8(10)11)6(9)7-4/h4-7,9H,2-3H2,1H3. The lowest BCUT2D eigenvalue weighted by Gasteiger charge is -2.27. The van der Waals surface area contributed by atoms with Crippen molar-refractivity contribution in [2.45, 2.75) is 38.1 Å². The first kappa shape index (κ1) is 8.42. The van der Waals surface area contributed by atoms with Crippen LogP contribution in [0.1, 0.15) is 19.8 Å². The number of piperidine rings is 1. The normalized spacial score (nSPS) is 38.5. The Bertz CT molecular complexity index is 162. The van der Waals surface area contributed by atoms with Crippen molar-refractivity contribution >= 4 is 0 Å². The second-order valence-electron chi connectivity index (χ2n) is 2.94. The molecule has 11 heavy (non-hydrogen) atoms. The maximum absolute atomic E-state index is 10.3. The summed E-state index contributed by atoms with van der Waals surface area (Å²) >= 11 is 0. The van der Waals surface area contributed by atoms with Gasteiger partial charge in [0.25, 0.3) is 6.04 Å². The summed E-state index contributed by atoms with van der Waals surface area (Å²) in [5.41, 5.74) is 0. The Hall–Kier alpha value is -0.680. The molecule has 0 aromatic heterocycles. The van der Waals surface area contributed by atoms with Crippen LogP contribution in [0.4, 0.5) is 0 Å². The van der Waals surface area contributed by atoms with Gasteiger partial charge in [-0.05, 0) is 13.3 Å². The van der Waals surface area contributed by atoms with Crippen molar-refractivity contribution in [2.24, 2.45) is 0 Å². The average Bonchev–Trinajstić information content (AvgIpc) is 1.85. The second kappa shape index (κ2) is 3.15. The zero-order chi connectivity index (χ0) is 8.43. The van der Waals surface area contributed by atoms with E-state index in [0.717, 1.165) is 6.42 Å². The van der Waals surface area contributed by atoms with Gasteiger partial charge < -0.3 is 5.11 Å². The predicted molar refractivity (Wildman–Crippen MR) is 38.6 cm³/mol. The fraction of sp³-hybridized carbons (Fsp3) is 1.00. The minimum absolute atomic E-state index is 0.182. The molecule has 1 fully saturated rings. The first-order chi connectivity index (χ1) is 5.11. The number of nitro groups is 1. The third-order valence-corrected chi connectivity index (χ3v) is 1.99. The van der Waals surface area contributed by atoms with Crippen LogP contribution in [0.3, 0.4) is 0 Å². The van der Waals surface area contributed by atoms with E-state index in [1.807, 2.05) is 6.92 Å². The molecule has 1 saturated heterocycles. The smallest absolute Gasteiger partial charge is 0.251 e. The number of hydrogen-bond acceptors (Lipinski definition) is 4. The van der Waals surface area contributed by atoms with E-state index in [2.05, 4.69) is 5.32 Å². The van der Waals surface area contributed by atoms with Gasteiger partial charge >= 0.3 is 0 Å². The predicted octanol–water partition coefficient (Wildman–Crippen LogP) is -0.278. The highest BCUT2D eigenvalue weighted by atomic mass is 16.6. The molecule has 1 aliphatic rings. The summed E-state index contributed by atoms with van der Waals surface area (Å²) in [6, 6.07) is -0.646. The molecule has 0 amide bonds. The topological polar surface area (TPSA) is 75.4 Å². The van der Waals surface area contributed by atoms with Gasteiger partial charge in [-0.25, -0.2) is 0 Å². The van der Waals surface area contributed by atoms with Gasteiger partial charge in [-0.1, -0.05) is 0 Å². The van der Waals surface area contributed by atoms with Crippen molar-refractivity contribution in [2.75, 3.05) is 0 Å². The molecular formula is C6H12N2O3. The van der Waals surface area contributed by atoms with Gasteiger partial charge in [0.1, 0.15) is 0 Å². The largest absolute Gasteiger partial charge is 0.372 e. The molecule has 0 saturated carbocycles. The summed E-state index contributed by atoms with van der Waals surface area (Å²) in [5.74, 6) is 0. The molecular weight excluding hydrogens is 148 g/mol. The van der Waals surface area contributed by atoms with Gasteiger partial charge in [0, 0.05) is 17.4 Å². The lowest BCUT2D eigenvalue weighted by molar-refractivity contribution is -0.539. The van der Waals surface area contributed by atoms with Gasteiger partial charge in [0.05, 0.1) is 0 Å². The molecule has 0 aromatic carbocycles. The summed E-state index contributed by atoms with van der Waals surface area (Å²) in [7, 11) is 0. The molecule has 0 aromatic rings. The van der Waals surface area contributed by atoms with Crippen molar-refractivity contribution in [1.82, 2.24) is 5.32 Å². The molecule has 1 aliphatic heterocycles. The van der Waals surface area contributed by atoms with E-state index < -0.39 is 17.2 Å². The number of rotatable bonds is 1. The highest BCUT2D eigenvalue weighted by molar-refractivity contribution is 4.77. The molecule has 1 rings (SSSR count). The van der Waals surface area contributed by atoms with Crippen LogP contribution in [0.5, 0.6) is 0 Å². The third-order valence-electron chi connectivity index (χ3n) is 1.99. The lowest BCUT2D eigenvalue weighted by atomic mass is 10.0. The maximum Gasteiger partial charge on any atom is 0.251 e. The monoisotopic (exact) mass is 160 g/mol. The van der Waals surface area contributed by atoms with Crippen molar-refractivity contribution in [1.29, 1.82) is 0 Å². The van der Waals surface area contributed by atoms with Gasteiger partial charge in [0.2, 0.25) is 0 Å². The van der Waals surface area contributed by atoms with Crippen molar-refractivity contribution in [3.05, 3.63) is 10.1 Å². The summed E-state index contributed by atoms with van der Waals surface area (Å²) < 4.78 is 0. The SMILES string of the molecule is CC1CCC([N+](=O)[O-])C(O)N1. The fourth-order valence-corrected chi connectivity index (χ4v) is 1.29. The van der Waals surface area contributed by atoms with Crippen LogP contribution < -0.4 is 5.32 Å². The number of aliphatic hydroxyl groups excluding tert-OH is 1. The summed E-state index contributed by atoms with van der Waals surface area (Å²) in [4.78, 5) is 9.85. The zero-order valence-electron chi connectivity index (χ0n) is 6.36. The summed E-state index contributed by atoms with van der Waals surface area (Å²) in [6.45, 7) is 1.90. The Kier molecular flexibility index (Phi) is 2.41. The van der Waals surface area contributed by atoms with Crippen molar-refractivity contribution < 1.29 is 10.0 Å². The molecule has 0 spiro atoms. The Morgan fingerprint density at radius 1 is 1.64 bits per heavy atom. The minimum atomic E-state index is -0.978. The van der Waals surface area contributed by atoms with Crippen molar-refractivity contribution in [3.63, 3.8) is 0 Å². The van der Waals surface area contributed by atoms with Crippen LogP contribution in [0.25, 0.3) is 0 Å². The second-order valence-corrected chi connectivity index (χ2v) is 2.94. The van der Waals surface area contributed by atoms with Gasteiger partial charge in [-0.15, -0.1) is 0 Å². The van der Waals surface area contributed by atoms with Crippen molar-refractivity contribution in [3.8, 4) is 0 Å².